The molecule has 17 heavy (non-hydrogen) atoms. The Morgan fingerprint density at radius 1 is 1.06 bits per heavy atom. The van der Waals surface area contributed by atoms with Crippen molar-refractivity contribution in [3.8, 4) is 0 Å². The van der Waals surface area contributed by atoms with Crippen molar-refractivity contribution in [3.63, 3.8) is 0 Å². The van der Waals surface area contributed by atoms with Gasteiger partial charge in [0.15, 0.2) is 5.79 Å². The van der Waals surface area contributed by atoms with E-state index in [9.17, 15) is 0 Å². The fraction of sp³-hybridized carbons (Fsp3) is 0.538. The van der Waals surface area contributed by atoms with E-state index in [0.717, 1.165) is 15.3 Å². The summed E-state index contributed by atoms with van der Waals surface area (Å²) in [6, 6.07) is 10.4. The zero-order valence-electron chi connectivity index (χ0n) is 9.74. The van der Waals surface area contributed by atoms with E-state index in [1.165, 1.54) is 5.56 Å². The predicted molar refractivity (Wildman–Crippen MR) is 86.1 cm³/mol. The van der Waals surface area contributed by atoms with E-state index in [0.29, 0.717) is 0 Å². The Kier molecular flexibility index (Phi) is 5.08. The van der Waals surface area contributed by atoms with Gasteiger partial charge in [0.2, 0.25) is 0 Å². The molecule has 1 aromatic carbocycles. The quantitative estimate of drug-likeness (QED) is 0.508. The Balaban J connectivity index is 2.06. The van der Waals surface area contributed by atoms with E-state index in [4.69, 9.17) is 9.47 Å². The largest absolute Gasteiger partial charge is 0.343 e. The van der Waals surface area contributed by atoms with Gasteiger partial charge in [-0.2, -0.15) is 0 Å². The van der Waals surface area contributed by atoms with Gasteiger partial charge in [-0.3, -0.25) is 0 Å². The van der Waals surface area contributed by atoms with E-state index in [2.05, 4.69) is 69.4 Å². The van der Waals surface area contributed by atoms with Crippen molar-refractivity contribution in [3.05, 3.63) is 35.9 Å². The maximum Gasteiger partial charge on any atom is 0.170 e. The van der Waals surface area contributed by atoms with Gasteiger partial charge in [-0.25, -0.2) is 0 Å². The van der Waals surface area contributed by atoms with Crippen LogP contribution in [-0.2, 0) is 15.9 Å². The molecule has 0 radical (unpaired) electrons. The Hall–Kier alpha value is 0.600. The van der Waals surface area contributed by atoms with Crippen LogP contribution in [0.5, 0.6) is 0 Å². The van der Waals surface area contributed by atoms with Crippen LogP contribution in [0.25, 0.3) is 0 Å². The van der Waals surface area contributed by atoms with Crippen molar-refractivity contribution in [2.24, 2.45) is 0 Å². The second-order valence-corrected chi connectivity index (χ2v) is 6.18. The summed E-state index contributed by atoms with van der Waals surface area (Å²) in [5.41, 5.74) is 1.26. The molecule has 0 bridgehead atoms. The molecule has 1 aliphatic heterocycles. The lowest BCUT2D eigenvalue weighted by Gasteiger charge is -2.23. The van der Waals surface area contributed by atoms with Crippen LogP contribution in [0.1, 0.15) is 12.5 Å². The third-order valence-corrected chi connectivity index (χ3v) is 4.62. The molecule has 94 valence electrons. The number of benzene rings is 1. The molecule has 4 heteroatoms. The van der Waals surface area contributed by atoms with Crippen LogP contribution in [0, 0.1) is 0 Å². The zero-order chi connectivity index (χ0) is 12.3. The smallest absolute Gasteiger partial charge is 0.170 e. The number of ether oxygens (including phenoxy) is 2. The second kappa shape index (κ2) is 6.16. The van der Waals surface area contributed by atoms with Gasteiger partial charge < -0.3 is 9.47 Å². The maximum atomic E-state index is 6.07. The van der Waals surface area contributed by atoms with Crippen LogP contribution >= 0.6 is 45.2 Å². The second-order valence-electron chi connectivity index (χ2n) is 4.42. The van der Waals surface area contributed by atoms with Gasteiger partial charge in [0, 0.05) is 15.3 Å². The minimum atomic E-state index is -0.465. The summed E-state index contributed by atoms with van der Waals surface area (Å²) in [4.78, 5) is 0. The van der Waals surface area contributed by atoms with Crippen molar-refractivity contribution < 1.29 is 9.47 Å². The molecular weight excluding hydrogens is 442 g/mol. The van der Waals surface area contributed by atoms with E-state index >= 15 is 0 Å². The van der Waals surface area contributed by atoms with Crippen LogP contribution in [0.4, 0.5) is 0 Å². The molecule has 0 amide bonds. The summed E-state index contributed by atoms with van der Waals surface area (Å²) in [5, 5.41) is 0. The number of rotatable bonds is 4. The van der Waals surface area contributed by atoms with Crippen LogP contribution < -0.4 is 0 Å². The van der Waals surface area contributed by atoms with Gasteiger partial charge in [-0.15, -0.1) is 0 Å². The van der Waals surface area contributed by atoms with E-state index in [-0.39, 0.29) is 12.2 Å². The summed E-state index contributed by atoms with van der Waals surface area (Å²) in [6.45, 7) is 2.05. The van der Waals surface area contributed by atoms with E-state index < -0.39 is 5.79 Å². The monoisotopic (exact) mass is 458 g/mol. The molecule has 1 saturated heterocycles. The van der Waals surface area contributed by atoms with Gasteiger partial charge in [0.25, 0.3) is 0 Å². The van der Waals surface area contributed by atoms with Crippen molar-refractivity contribution >= 4 is 45.2 Å². The Morgan fingerprint density at radius 3 is 2.06 bits per heavy atom. The van der Waals surface area contributed by atoms with Gasteiger partial charge in [-0.1, -0.05) is 75.5 Å². The predicted octanol–water partition coefficient (Wildman–Crippen LogP) is 3.60. The van der Waals surface area contributed by atoms with Gasteiger partial charge >= 0.3 is 0 Å². The lowest BCUT2D eigenvalue weighted by Crippen LogP contribution is -2.30. The van der Waals surface area contributed by atoms with Crippen LogP contribution in [-0.4, -0.2) is 26.9 Å². The first kappa shape index (κ1) is 14.0. The lowest BCUT2D eigenvalue weighted by atomic mass is 10.1. The summed E-state index contributed by atoms with van der Waals surface area (Å²) in [5.74, 6) is -0.465. The summed E-state index contributed by atoms with van der Waals surface area (Å²) in [7, 11) is 0. The number of halogens is 2. The molecular formula is C13H16I2O2. The first-order valence-corrected chi connectivity index (χ1v) is 8.73. The summed E-state index contributed by atoms with van der Waals surface area (Å²) in [6.07, 6.45) is 1.26. The Labute approximate surface area is 130 Å². The highest BCUT2D eigenvalue weighted by molar-refractivity contribution is 14.1. The fourth-order valence-electron chi connectivity index (χ4n) is 2.13. The highest BCUT2D eigenvalue weighted by atomic mass is 127. The molecule has 2 nitrogen and oxygen atoms in total. The zero-order valence-corrected chi connectivity index (χ0v) is 14.1. The number of hydrogen-bond acceptors (Lipinski definition) is 2. The van der Waals surface area contributed by atoms with E-state index in [1.807, 2.05) is 13.0 Å². The third kappa shape index (κ3) is 3.54. The van der Waals surface area contributed by atoms with Gasteiger partial charge in [0.1, 0.15) is 0 Å². The molecule has 2 unspecified atom stereocenters. The highest BCUT2D eigenvalue weighted by Crippen LogP contribution is 2.33. The molecule has 0 aliphatic carbocycles. The molecule has 2 atom stereocenters. The molecule has 0 aromatic heterocycles. The van der Waals surface area contributed by atoms with E-state index in [1.54, 1.807) is 0 Å². The molecule has 0 spiro atoms. The third-order valence-electron chi connectivity index (χ3n) is 2.89. The fourth-order valence-corrected chi connectivity index (χ4v) is 3.63. The van der Waals surface area contributed by atoms with Crippen molar-refractivity contribution in [2.45, 2.75) is 31.3 Å². The molecule has 1 aromatic rings. The highest BCUT2D eigenvalue weighted by Gasteiger charge is 2.43. The minimum Gasteiger partial charge on any atom is -0.343 e. The minimum absolute atomic E-state index is 0.223. The van der Waals surface area contributed by atoms with Crippen molar-refractivity contribution in [1.82, 2.24) is 0 Å². The normalized spacial score (nSPS) is 32.9. The first-order valence-electron chi connectivity index (χ1n) is 5.68. The molecule has 0 N–H and O–H groups in total. The summed E-state index contributed by atoms with van der Waals surface area (Å²) < 4.78 is 14.1. The average molecular weight is 458 g/mol. The van der Waals surface area contributed by atoms with Crippen molar-refractivity contribution in [2.75, 3.05) is 8.86 Å². The van der Waals surface area contributed by atoms with Crippen LogP contribution in [0.3, 0.4) is 0 Å². The molecule has 2 rings (SSSR count). The molecule has 1 heterocycles. The number of hydrogen-bond donors (Lipinski definition) is 0. The topological polar surface area (TPSA) is 18.5 Å². The lowest BCUT2D eigenvalue weighted by molar-refractivity contribution is -0.156. The maximum absolute atomic E-state index is 6.07. The molecule has 1 fully saturated rings. The molecule has 0 saturated carbocycles. The van der Waals surface area contributed by atoms with Crippen LogP contribution in [0.15, 0.2) is 30.3 Å². The Morgan fingerprint density at radius 2 is 1.59 bits per heavy atom. The first-order chi connectivity index (χ1) is 8.17. The number of alkyl halides is 2. The van der Waals surface area contributed by atoms with Gasteiger partial charge in [0.05, 0.1) is 12.2 Å². The van der Waals surface area contributed by atoms with Crippen LogP contribution in [0.2, 0.25) is 0 Å². The Bertz CT molecular complexity index is 344. The van der Waals surface area contributed by atoms with Crippen molar-refractivity contribution in [1.29, 1.82) is 0 Å². The molecule has 1 aliphatic rings. The average Bonchev–Trinajstić information content (AvgIpc) is 2.67. The SMILES string of the molecule is CC1(Cc2ccccc2)OC(CI)C(CI)O1. The van der Waals surface area contributed by atoms with Gasteiger partial charge in [-0.05, 0) is 12.5 Å². The standard InChI is InChI=1S/C13H16I2O2/c1-13(7-10-5-3-2-4-6-10)16-11(8-14)12(9-15)17-13/h2-6,11-12H,7-9H2,1H3. The summed E-state index contributed by atoms with van der Waals surface area (Å²) >= 11 is 4.73.